The number of benzene rings is 2. The van der Waals surface area contributed by atoms with Crippen LogP contribution in [0.3, 0.4) is 0 Å². The summed E-state index contributed by atoms with van der Waals surface area (Å²) in [4.78, 5) is 15.9. The first kappa shape index (κ1) is 26.7. The maximum Gasteiger partial charge on any atom is 0.318 e. The van der Waals surface area contributed by atoms with Crippen LogP contribution < -0.4 is 19.9 Å². The van der Waals surface area contributed by atoms with E-state index < -0.39 is 12.0 Å². The first-order valence-electron chi connectivity index (χ1n) is 14.0. The molecule has 1 aromatic heterocycles. The molecule has 0 saturated carbocycles. The van der Waals surface area contributed by atoms with Gasteiger partial charge in [-0.3, -0.25) is 4.90 Å². The number of hydrogen-bond acceptors (Lipinski definition) is 8. The molecule has 3 aromatic rings. The van der Waals surface area contributed by atoms with Crippen LogP contribution in [0.2, 0.25) is 0 Å². The van der Waals surface area contributed by atoms with Crippen molar-refractivity contribution in [3.8, 4) is 12.1 Å². The van der Waals surface area contributed by atoms with Gasteiger partial charge < -0.3 is 19.9 Å². The predicted octanol–water partition coefficient (Wildman–Crippen LogP) is 3.91. The molecule has 2 saturated heterocycles. The van der Waals surface area contributed by atoms with Gasteiger partial charge in [-0.1, -0.05) is 30.3 Å². The molecule has 210 valence electrons. The van der Waals surface area contributed by atoms with Crippen LogP contribution in [0.15, 0.2) is 36.4 Å². The van der Waals surface area contributed by atoms with Gasteiger partial charge >= 0.3 is 6.01 Å². The minimum Gasteiger partial charge on any atom is -0.462 e. The number of aryl methyl sites for hydroxylation is 1. The number of nitrogens with zero attached hydrogens (tertiary/aromatic N) is 6. The fourth-order valence-electron chi connectivity index (χ4n) is 6.37. The predicted molar refractivity (Wildman–Crippen MR) is 151 cm³/mol. The molecule has 0 aliphatic carbocycles. The Hall–Kier alpha value is -3.55. The molecule has 10 heteroatoms. The summed E-state index contributed by atoms with van der Waals surface area (Å²) >= 11 is 0. The second kappa shape index (κ2) is 10.8. The number of nitrogens with one attached hydrogen (secondary N) is 1. The molecular weight excluding hydrogens is 512 g/mol. The Labute approximate surface area is 233 Å². The maximum atomic E-state index is 14.0. The summed E-state index contributed by atoms with van der Waals surface area (Å²) in [6.45, 7) is 5.59. The van der Waals surface area contributed by atoms with Crippen molar-refractivity contribution in [2.75, 3.05) is 56.2 Å². The first-order valence-corrected chi connectivity index (χ1v) is 14.0. The number of ether oxygens (including phenoxy) is 1. The SMILES string of the molecule is Cc1cccc2cccc(N3CCc4c(nc(OC[C@@H]5CC(F)(F)CN5C)nc4N4CCNC(CC#N)C4)C3)c12. The summed E-state index contributed by atoms with van der Waals surface area (Å²) in [5, 5.41) is 15.1. The summed E-state index contributed by atoms with van der Waals surface area (Å²) in [5.74, 6) is -1.87. The van der Waals surface area contributed by atoms with E-state index in [4.69, 9.17) is 14.7 Å². The molecule has 2 atom stereocenters. The van der Waals surface area contributed by atoms with Crippen molar-refractivity contribution >= 4 is 22.3 Å². The lowest BCUT2D eigenvalue weighted by Crippen LogP contribution is -2.51. The fraction of sp³-hybridized carbons (Fsp3) is 0.500. The summed E-state index contributed by atoms with van der Waals surface area (Å²) in [6, 6.07) is 14.9. The Kier molecular flexibility index (Phi) is 7.19. The number of alkyl halides is 2. The van der Waals surface area contributed by atoms with E-state index in [2.05, 4.69) is 64.5 Å². The highest BCUT2D eigenvalue weighted by Crippen LogP contribution is 2.36. The number of anilines is 2. The van der Waals surface area contributed by atoms with Crippen LogP contribution >= 0.6 is 0 Å². The Morgan fingerprint density at radius 2 is 1.98 bits per heavy atom. The van der Waals surface area contributed by atoms with Gasteiger partial charge in [0, 0.05) is 61.3 Å². The minimum atomic E-state index is -2.71. The molecule has 0 bridgehead atoms. The van der Waals surface area contributed by atoms with Gasteiger partial charge in [0.15, 0.2) is 0 Å². The molecule has 3 aliphatic rings. The van der Waals surface area contributed by atoms with Gasteiger partial charge in [-0.05, 0) is 37.4 Å². The molecule has 3 aliphatic heterocycles. The van der Waals surface area contributed by atoms with Crippen LogP contribution in [0.1, 0.15) is 29.7 Å². The second-order valence-electron chi connectivity index (χ2n) is 11.3. The van der Waals surface area contributed by atoms with E-state index in [9.17, 15) is 14.0 Å². The lowest BCUT2D eigenvalue weighted by molar-refractivity contribution is 0.0136. The number of nitriles is 1. The Bertz CT molecular complexity index is 1440. The smallest absolute Gasteiger partial charge is 0.318 e. The van der Waals surface area contributed by atoms with Gasteiger partial charge in [-0.25, -0.2) is 8.78 Å². The van der Waals surface area contributed by atoms with E-state index in [1.54, 1.807) is 11.9 Å². The fourth-order valence-corrected chi connectivity index (χ4v) is 6.37. The molecule has 0 radical (unpaired) electrons. The number of likely N-dealkylation sites (N-methyl/N-ethyl adjacent to an activating group) is 1. The Balaban J connectivity index is 1.33. The van der Waals surface area contributed by atoms with E-state index in [-0.39, 0.29) is 31.6 Å². The van der Waals surface area contributed by atoms with Gasteiger partial charge in [-0.2, -0.15) is 15.2 Å². The highest BCUT2D eigenvalue weighted by atomic mass is 19.3. The first-order chi connectivity index (χ1) is 19.3. The monoisotopic (exact) mass is 547 g/mol. The Morgan fingerprint density at radius 1 is 1.15 bits per heavy atom. The van der Waals surface area contributed by atoms with Gasteiger partial charge in [0.1, 0.15) is 12.4 Å². The number of fused-ring (bicyclic) bond motifs is 2. The zero-order chi connectivity index (χ0) is 27.9. The summed E-state index contributed by atoms with van der Waals surface area (Å²) in [6.07, 6.45) is 0.963. The number of piperazine rings is 1. The zero-order valence-corrected chi connectivity index (χ0v) is 23.0. The van der Waals surface area contributed by atoms with Gasteiger partial charge in [0.25, 0.3) is 5.92 Å². The van der Waals surface area contributed by atoms with Crippen molar-refractivity contribution in [2.24, 2.45) is 0 Å². The van der Waals surface area contributed by atoms with E-state index >= 15 is 0 Å². The topological polar surface area (TPSA) is 80.6 Å². The molecule has 4 heterocycles. The van der Waals surface area contributed by atoms with Gasteiger partial charge in [0.05, 0.1) is 31.3 Å². The van der Waals surface area contributed by atoms with E-state index in [1.165, 1.54) is 22.0 Å². The molecule has 40 heavy (non-hydrogen) atoms. The molecule has 6 rings (SSSR count). The van der Waals surface area contributed by atoms with Crippen molar-refractivity contribution < 1.29 is 13.5 Å². The standard InChI is InChI=1S/C30H35F2N7O/c1-20-5-3-6-21-7-4-8-26(27(20)21)38-13-10-24-25(17-38)35-29(40-18-23-15-30(31,32)19-37(23)2)36-28(24)39-14-12-34-22(16-39)9-11-33/h3-8,22-23,34H,9-10,12-19H2,1-2H3/t22?,23-/m0/s1. The number of hydrogen-bond donors (Lipinski definition) is 1. The van der Waals surface area contributed by atoms with Crippen molar-refractivity contribution in [3.05, 3.63) is 53.2 Å². The molecule has 0 spiro atoms. The number of halogens is 2. The van der Waals surface area contributed by atoms with Gasteiger partial charge in [-0.15, -0.1) is 0 Å². The van der Waals surface area contributed by atoms with Crippen LogP contribution in [0.5, 0.6) is 6.01 Å². The molecule has 0 amide bonds. The van der Waals surface area contributed by atoms with Crippen LogP contribution in [0, 0.1) is 18.3 Å². The van der Waals surface area contributed by atoms with E-state index in [1.807, 2.05) is 0 Å². The van der Waals surface area contributed by atoms with Crippen molar-refractivity contribution in [3.63, 3.8) is 0 Å². The summed E-state index contributed by atoms with van der Waals surface area (Å²) in [5.41, 5.74) is 4.41. The number of aromatic nitrogens is 2. The average molecular weight is 548 g/mol. The summed E-state index contributed by atoms with van der Waals surface area (Å²) < 4.78 is 34.0. The zero-order valence-electron chi connectivity index (χ0n) is 23.0. The lowest BCUT2D eigenvalue weighted by atomic mass is 9.99. The number of likely N-dealkylation sites (tertiary alicyclic amines) is 1. The summed E-state index contributed by atoms with van der Waals surface area (Å²) in [7, 11) is 1.70. The normalized spacial score (nSPS) is 22.8. The maximum absolute atomic E-state index is 14.0. The molecule has 2 fully saturated rings. The third kappa shape index (κ3) is 5.28. The Morgan fingerprint density at radius 3 is 2.75 bits per heavy atom. The van der Waals surface area contributed by atoms with Gasteiger partial charge in [0.2, 0.25) is 0 Å². The average Bonchev–Trinajstić information content (AvgIpc) is 3.22. The molecular formula is C30H35F2N7O. The van der Waals surface area contributed by atoms with Crippen molar-refractivity contribution in [1.29, 1.82) is 5.26 Å². The quantitative estimate of drug-likeness (QED) is 0.498. The highest BCUT2D eigenvalue weighted by Gasteiger charge is 2.43. The molecule has 1 unspecified atom stereocenters. The number of rotatable bonds is 6. The second-order valence-corrected chi connectivity index (χ2v) is 11.3. The van der Waals surface area contributed by atoms with Crippen molar-refractivity contribution in [1.82, 2.24) is 20.2 Å². The molecule has 1 N–H and O–H groups in total. The van der Waals surface area contributed by atoms with E-state index in [0.29, 0.717) is 19.5 Å². The molecule has 8 nitrogen and oxygen atoms in total. The van der Waals surface area contributed by atoms with E-state index in [0.717, 1.165) is 43.1 Å². The lowest BCUT2D eigenvalue weighted by Gasteiger charge is -2.37. The van der Waals surface area contributed by atoms with Crippen molar-refractivity contribution in [2.45, 2.75) is 50.7 Å². The van der Waals surface area contributed by atoms with Crippen LogP contribution in [-0.4, -0.2) is 79.3 Å². The molecule has 2 aromatic carbocycles. The largest absolute Gasteiger partial charge is 0.462 e. The van der Waals surface area contributed by atoms with Crippen LogP contribution in [0.4, 0.5) is 20.3 Å². The third-order valence-electron chi connectivity index (χ3n) is 8.39. The van der Waals surface area contributed by atoms with Crippen LogP contribution in [-0.2, 0) is 13.0 Å². The third-order valence-corrected chi connectivity index (χ3v) is 8.39. The highest BCUT2D eigenvalue weighted by molar-refractivity contribution is 5.97. The minimum absolute atomic E-state index is 0.0573. The van der Waals surface area contributed by atoms with Crippen LogP contribution in [0.25, 0.3) is 10.8 Å².